The Morgan fingerprint density at radius 3 is 2.84 bits per heavy atom. The molecule has 0 radical (unpaired) electrons. The molecule has 1 unspecified atom stereocenters. The number of hydrogen-bond acceptors (Lipinski definition) is 3. The largest absolute Gasteiger partial charge is 0.318 e. The maximum Gasteiger partial charge on any atom is 0.185 e. The van der Waals surface area contributed by atoms with Gasteiger partial charge in [-0.2, -0.15) is 5.26 Å². The molecule has 94 valence electrons. The molecule has 0 N–H and O–H groups in total. The third-order valence-electron chi connectivity index (χ3n) is 3.65. The summed E-state index contributed by atoms with van der Waals surface area (Å²) in [5.74, 6) is 0.490. The van der Waals surface area contributed by atoms with E-state index in [1.807, 2.05) is 28.8 Å². The minimum atomic E-state index is 0.152. The molecule has 1 aromatic heterocycles. The Balaban J connectivity index is 2.05. The summed E-state index contributed by atoms with van der Waals surface area (Å²) < 4.78 is 2.03. The second kappa shape index (κ2) is 4.69. The van der Waals surface area contributed by atoms with Crippen LogP contribution in [0.2, 0.25) is 0 Å². The quantitative estimate of drug-likeness (QED) is 0.770. The number of carbonyl (C=O) groups is 1. The van der Waals surface area contributed by atoms with Crippen molar-refractivity contribution >= 4 is 6.29 Å². The van der Waals surface area contributed by atoms with E-state index in [0.717, 1.165) is 36.8 Å². The lowest BCUT2D eigenvalue weighted by atomic mass is 9.95. The number of hydrogen-bond donors (Lipinski definition) is 0. The fourth-order valence-electron chi connectivity index (χ4n) is 2.75. The van der Waals surface area contributed by atoms with Gasteiger partial charge < -0.3 is 4.57 Å². The van der Waals surface area contributed by atoms with Crippen LogP contribution in [0.5, 0.6) is 0 Å². The monoisotopic (exact) mass is 251 g/mol. The first kappa shape index (κ1) is 11.7. The average Bonchev–Trinajstić information content (AvgIpc) is 2.90. The van der Waals surface area contributed by atoms with Crippen LogP contribution < -0.4 is 0 Å². The standard InChI is InChI=1S/C15H13N3O/c16-8-11-4-6-12(7-5-11)14-3-1-2-13-9-17-15(10-19)18(13)14/h4-7,9-10,14H,1-3H2. The van der Waals surface area contributed by atoms with Crippen molar-refractivity contribution in [3.05, 3.63) is 53.1 Å². The van der Waals surface area contributed by atoms with E-state index in [0.29, 0.717) is 11.4 Å². The molecule has 0 saturated heterocycles. The highest BCUT2D eigenvalue weighted by Crippen LogP contribution is 2.31. The molecule has 0 amide bonds. The van der Waals surface area contributed by atoms with E-state index in [1.54, 1.807) is 6.20 Å². The summed E-state index contributed by atoms with van der Waals surface area (Å²) in [6.07, 6.45) is 5.66. The van der Waals surface area contributed by atoms with Crippen LogP contribution >= 0.6 is 0 Å². The van der Waals surface area contributed by atoms with Crippen molar-refractivity contribution in [1.29, 1.82) is 5.26 Å². The van der Waals surface area contributed by atoms with Crippen molar-refractivity contribution < 1.29 is 4.79 Å². The van der Waals surface area contributed by atoms with Gasteiger partial charge in [-0.3, -0.25) is 4.79 Å². The Morgan fingerprint density at radius 1 is 1.37 bits per heavy atom. The van der Waals surface area contributed by atoms with Crippen LogP contribution in [0.25, 0.3) is 0 Å². The van der Waals surface area contributed by atoms with E-state index in [-0.39, 0.29) is 6.04 Å². The van der Waals surface area contributed by atoms with Crippen molar-refractivity contribution in [2.24, 2.45) is 0 Å². The van der Waals surface area contributed by atoms with Crippen LogP contribution in [-0.2, 0) is 6.42 Å². The third kappa shape index (κ3) is 1.93. The van der Waals surface area contributed by atoms with Crippen LogP contribution in [0.3, 0.4) is 0 Å². The summed E-state index contributed by atoms with van der Waals surface area (Å²) in [7, 11) is 0. The minimum Gasteiger partial charge on any atom is -0.318 e. The number of rotatable bonds is 2. The van der Waals surface area contributed by atoms with Gasteiger partial charge in [-0.25, -0.2) is 4.98 Å². The second-order valence-electron chi connectivity index (χ2n) is 4.74. The molecule has 0 aliphatic carbocycles. The number of imidazole rings is 1. The number of carbonyl (C=O) groups excluding carboxylic acids is 1. The molecule has 2 aromatic rings. The average molecular weight is 251 g/mol. The van der Waals surface area contributed by atoms with Crippen molar-refractivity contribution in [2.75, 3.05) is 0 Å². The second-order valence-corrected chi connectivity index (χ2v) is 4.74. The number of benzene rings is 1. The number of nitriles is 1. The number of aryl methyl sites for hydroxylation is 1. The van der Waals surface area contributed by atoms with Gasteiger partial charge in [-0.05, 0) is 37.0 Å². The minimum absolute atomic E-state index is 0.152. The molecular weight excluding hydrogens is 238 g/mol. The van der Waals surface area contributed by atoms with Gasteiger partial charge in [-0.15, -0.1) is 0 Å². The van der Waals surface area contributed by atoms with E-state index in [1.165, 1.54) is 0 Å². The molecule has 0 bridgehead atoms. The first-order valence-electron chi connectivity index (χ1n) is 6.35. The molecule has 1 aromatic carbocycles. The number of aldehydes is 1. The fourth-order valence-corrected chi connectivity index (χ4v) is 2.75. The predicted octanol–water partition coefficient (Wildman–Crippen LogP) is 2.49. The number of nitrogens with zero attached hydrogens (tertiary/aromatic N) is 3. The Morgan fingerprint density at radius 2 is 2.16 bits per heavy atom. The molecule has 19 heavy (non-hydrogen) atoms. The Bertz CT molecular complexity index is 649. The van der Waals surface area contributed by atoms with E-state index in [9.17, 15) is 4.79 Å². The van der Waals surface area contributed by atoms with Gasteiger partial charge in [0, 0.05) is 11.9 Å². The van der Waals surface area contributed by atoms with Gasteiger partial charge in [0.1, 0.15) is 0 Å². The highest BCUT2D eigenvalue weighted by atomic mass is 16.1. The van der Waals surface area contributed by atoms with Gasteiger partial charge in [0.2, 0.25) is 0 Å². The summed E-state index contributed by atoms with van der Waals surface area (Å²) in [6.45, 7) is 0. The van der Waals surface area contributed by atoms with Gasteiger partial charge >= 0.3 is 0 Å². The summed E-state index contributed by atoms with van der Waals surface area (Å²) in [5.41, 5.74) is 2.89. The first-order chi connectivity index (χ1) is 9.33. The molecule has 4 nitrogen and oxygen atoms in total. The highest BCUT2D eigenvalue weighted by molar-refractivity contribution is 5.69. The van der Waals surface area contributed by atoms with Crippen molar-refractivity contribution in [3.63, 3.8) is 0 Å². The lowest BCUT2D eigenvalue weighted by molar-refractivity contribution is 0.110. The molecule has 0 fully saturated rings. The van der Waals surface area contributed by atoms with Crippen LogP contribution in [-0.4, -0.2) is 15.8 Å². The summed E-state index contributed by atoms with van der Waals surface area (Å²) in [4.78, 5) is 15.3. The lowest BCUT2D eigenvalue weighted by Crippen LogP contribution is -2.20. The smallest absolute Gasteiger partial charge is 0.185 e. The predicted molar refractivity (Wildman–Crippen MR) is 69.8 cm³/mol. The van der Waals surface area contributed by atoms with Gasteiger partial charge in [0.05, 0.1) is 17.7 Å². The topological polar surface area (TPSA) is 58.7 Å². The summed E-state index contributed by atoms with van der Waals surface area (Å²) in [6, 6.07) is 9.84. The maximum atomic E-state index is 11.1. The molecule has 1 aliphatic heterocycles. The molecule has 4 heteroatoms. The van der Waals surface area contributed by atoms with Crippen LogP contribution in [0.15, 0.2) is 30.5 Å². The summed E-state index contributed by atoms with van der Waals surface area (Å²) >= 11 is 0. The molecule has 1 aliphatic rings. The molecule has 2 heterocycles. The highest BCUT2D eigenvalue weighted by Gasteiger charge is 2.24. The van der Waals surface area contributed by atoms with Crippen LogP contribution in [0.1, 0.15) is 46.3 Å². The van der Waals surface area contributed by atoms with Crippen molar-refractivity contribution in [1.82, 2.24) is 9.55 Å². The Kier molecular flexibility index (Phi) is 2.88. The zero-order valence-electron chi connectivity index (χ0n) is 10.4. The fraction of sp³-hybridized carbons (Fsp3) is 0.267. The molecular formula is C15H13N3O. The van der Waals surface area contributed by atoms with E-state index in [4.69, 9.17) is 5.26 Å². The Hall–Kier alpha value is -2.41. The maximum absolute atomic E-state index is 11.1. The first-order valence-corrected chi connectivity index (χ1v) is 6.35. The van der Waals surface area contributed by atoms with E-state index < -0.39 is 0 Å². The zero-order valence-corrected chi connectivity index (χ0v) is 10.4. The van der Waals surface area contributed by atoms with Gasteiger partial charge in [0.25, 0.3) is 0 Å². The third-order valence-corrected chi connectivity index (χ3v) is 3.65. The van der Waals surface area contributed by atoms with E-state index >= 15 is 0 Å². The zero-order chi connectivity index (χ0) is 13.2. The van der Waals surface area contributed by atoms with Crippen molar-refractivity contribution in [2.45, 2.75) is 25.3 Å². The Labute approximate surface area is 111 Å². The van der Waals surface area contributed by atoms with Gasteiger partial charge in [0.15, 0.2) is 12.1 Å². The number of aromatic nitrogens is 2. The SMILES string of the molecule is N#Cc1ccc(C2CCCc3cnc(C=O)n32)cc1. The van der Waals surface area contributed by atoms with E-state index in [2.05, 4.69) is 11.1 Å². The van der Waals surface area contributed by atoms with Gasteiger partial charge in [-0.1, -0.05) is 12.1 Å². The normalized spacial score (nSPS) is 17.5. The molecule has 3 rings (SSSR count). The molecule has 0 spiro atoms. The molecule has 1 atom stereocenters. The molecule has 0 saturated carbocycles. The van der Waals surface area contributed by atoms with Crippen LogP contribution in [0.4, 0.5) is 0 Å². The number of fused-ring (bicyclic) bond motifs is 1. The van der Waals surface area contributed by atoms with Crippen LogP contribution in [0, 0.1) is 11.3 Å². The van der Waals surface area contributed by atoms with Crippen molar-refractivity contribution in [3.8, 4) is 6.07 Å². The summed E-state index contributed by atoms with van der Waals surface area (Å²) in [5, 5.41) is 8.83. The lowest BCUT2D eigenvalue weighted by Gasteiger charge is -2.26.